The molecule has 2 rings (SSSR count). The Morgan fingerprint density at radius 1 is 1.53 bits per heavy atom. The Morgan fingerprint density at radius 3 is 2.84 bits per heavy atom. The summed E-state index contributed by atoms with van der Waals surface area (Å²) >= 11 is 0. The van der Waals surface area contributed by atoms with Crippen molar-refractivity contribution in [1.82, 2.24) is 14.7 Å². The summed E-state index contributed by atoms with van der Waals surface area (Å²) in [5.74, 6) is -0.710. The summed E-state index contributed by atoms with van der Waals surface area (Å²) in [5, 5.41) is 13.7. The Bertz CT molecular complexity index is 420. The Morgan fingerprint density at radius 2 is 2.26 bits per heavy atom. The highest BCUT2D eigenvalue weighted by atomic mass is 35.5. The monoisotopic (exact) mass is 287 g/mol. The number of nitrogens with zero attached hydrogens (tertiary/aromatic N) is 3. The Balaban J connectivity index is 0.00000180. The molecule has 1 aromatic heterocycles. The largest absolute Gasteiger partial charge is 0.480 e. The number of halogens is 1. The predicted octanol–water partition coefficient (Wildman–Crippen LogP) is 2.32. The van der Waals surface area contributed by atoms with Gasteiger partial charge in [0.15, 0.2) is 0 Å². The second-order valence-corrected chi connectivity index (χ2v) is 5.20. The van der Waals surface area contributed by atoms with Crippen LogP contribution in [0.15, 0.2) is 12.3 Å². The minimum Gasteiger partial charge on any atom is -0.480 e. The molecular weight excluding hydrogens is 266 g/mol. The van der Waals surface area contributed by atoms with Gasteiger partial charge in [0.1, 0.15) is 6.04 Å². The molecule has 108 valence electrons. The van der Waals surface area contributed by atoms with Crippen molar-refractivity contribution < 1.29 is 9.90 Å². The zero-order chi connectivity index (χ0) is 13.1. The molecule has 6 heteroatoms. The van der Waals surface area contributed by atoms with Gasteiger partial charge in [-0.1, -0.05) is 6.42 Å². The molecule has 1 aliphatic heterocycles. The third-order valence-electron chi connectivity index (χ3n) is 3.46. The molecular formula is C13H22ClN3O2. The third-order valence-corrected chi connectivity index (χ3v) is 3.46. The van der Waals surface area contributed by atoms with Crippen molar-refractivity contribution in [2.45, 2.75) is 51.7 Å². The number of hydrogen-bond acceptors (Lipinski definition) is 3. The molecule has 1 aliphatic rings. The fraction of sp³-hybridized carbons (Fsp3) is 0.692. The van der Waals surface area contributed by atoms with Crippen LogP contribution in [0, 0.1) is 0 Å². The summed E-state index contributed by atoms with van der Waals surface area (Å²) in [6, 6.07) is 1.98. The first-order chi connectivity index (χ1) is 8.58. The van der Waals surface area contributed by atoms with Gasteiger partial charge in [0, 0.05) is 18.8 Å². The van der Waals surface area contributed by atoms with Gasteiger partial charge in [-0.25, -0.2) is 0 Å². The molecule has 1 saturated heterocycles. The number of piperidine rings is 1. The summed E-state index contributed by atoms with van der Waals surface area (Å²) in [6.07, 6.45) is 4.79. The lowest BCUT2D eigenvalue weighted by Gasteiger charge is -2.32. The lowest BCUT2D eigenvalue weighted by Crippen LogP contribution is -2.44. The van der Waals surface area contributed by atoms with E-state index in [4.69, 9.17) is 0 Å². The normalized spacial score (nSPS) is 20.3. The van der Waals surface area contributed by atoms with Crippen molar-refractivity contribution in [1.29, 1.82) is 0 Å². The van der Waals surface area contributed by atoms with Gasteiger partial charge in [-0.2, -0.15) is 5.10 Å². The maximum Gasteiger partial charge on any atom is 0.320 e. The summed E-state index contributed by atoms with van der Waals surface area (Å²) in [5.41, 5.74) is 0.955. The lowest BCUT2D eigenvalue weighted by atomic mass is 10.0. The van der Waals surface area contributed by atoms with E-state index in [9.17, 15) is 9.90 Å². The molecule has 1 fully saturated rings. The van der Waals surface area contributed by atoms with Gasteiger partial charge in [0.05, 0.1) is 5.69 Å². The van der Waals surface area contributed by atoms with E-state index in [-0.39, 0.29) is 18.4 Å². The highest BCUT2D eigenvalue weighted by molar-refractivity contribution is 5.85. The molecule has 5 nitrogen and oxygen atoms in total. The van der Waals surface area contributed by atoms with E-state index in [0.29, 0.717) is 12.6 Å². The third kappa shape index (κ3) is 3.94. The molecule has 0 amide bonds. The molecule has 1 aromatic rings. The van der Waals surface area contributed by atoms with Crippen LogP contribution < -0.4 is 0 Å². The minimum atomic E-state index is -0.710. The smallest absolute Gasteiger partial charge is 0.320 e. The number of aliphatic carboxylic acids is 1. The van der Waals surface area contributed by atoms with E-state index in [1.54, 1.807) is 0 Å². The molecule has 0 radical (unpaired) electrons. The summed E-state index contributed by atoms with van der Waals surface area (Å²) in [4.78, 5) is 13.2. The lowest BCUT2D eigenvalue weighted by molar-refractivity contribution is -0.144. The first-order valence-corrected chi connectivity index (χ1v) is 6.59. The van der Waals surface area contributed by atoms with Crippen LogP contribution in [-0.2, 0) is 11.3 Å². The van der Waals surface area contributed by atoms with Gasteiger partial charge in [0.25, 0.3) is 0 Å². The van der Waals surface area contributed by atoms with E-state index in [0.717, 1.165) is 31.5 Å². The SMILES string of the molecule is CC(C)n1ccc(CN2CCCCC2C(=O)O)n1.Cl. The fourth-order valence-electron chi connectivity index (χ4n) is 2.42. The number of aromatic nitrogens is 2. The summed E-state index contributed by atoms with van der Waals surface area (Å²) in [7, 11) is 0. The predicted molar refractivity (Wildman–Crippen MR) is 75.5 cm³/mol. The summed E-state index contributed by atoms with van der Waals surface area (Å²) < 4.78 is 1.91. The van der Waals surface area contributed by atoms with Crippen molar-refractivity contribution in [2.24, 2.45) is 0 Å². The molecule has 0 bridgehead atoms. The van der Waals surface area contributed by atoms with Gasteiger partial charge >= 0.3 is 5.97 Å². The highest BCUT2D eigenvalue weighted by Gasteiger charge is 2.28. The number of rotatable bonds is 4. The molecule has 0 spiro atoms. The molecule has 19 heavy (non-hydrogen) atoms. The number of hydrogen-bond donors (Lipinski definition) is 1. The Labute approximate surface area is 120 Å². The van der Waals surface area contributed by atoms with Gasteiger partial charge < -0.3 is 5.11 Å². The standard InChI is InChI=1S/C13H21N3O2.ClH/c1-10(2)16-8-6-11(14-16)9-15-7-4-3-5-12(15)13(17)18;/h6,8,10,12H,3-5,7,9H2,1-2H3,(H,17,18);1H. The van der Waals surface area contributed by atoms with Gasteiger partial charge in [-0.05, 0) is 39.3 Å². The van der Waals surface area contributed by atoms with E-state index in [1.807, 2.05) is 21.8 Å². The van der Waals surface area contributed by atoms with Crippen LogP contribution in [0.5, 0.6) is 0 Å². The maximum atomic E-state index is 11.2. The first kappa shape index (κ1) is 16.0. The molecule has 2 heterocycles. The molecule has 1 N–H and O–H groups in total. The quantitative estimate of drug-likeness (QED) is 0.923. The molecule has 0 aliphatic carbocycles. The molecule has 0 aromatic carbocycles. The second kappa shape index (κ2) is 6.91. The number of carbonyl (C=O) groups is 1. The fourth-order valence-corrected chi connectivity index (χ4v) is 2.42. The zero-order valence-electron chi connectivity index (χ0n) is 11.5. The number of likely N-dealkylation sites (tertiary alicyclic amines) is 1. The van der Waals surface area contributed by atoms with E-state index >= 15 is 0 Å². The Kier molecular flexibility index (Phi) is 5.82. The highest BCUT2D eigenvalue weighted by Crippen LogP contribution is 2.19. The molecule has 1 unspecified atom stereocenters. The van der Waals surface area contributed by atoms with Crippen molar-refractivity contribution >= 4 is 18.4 Å². The van der Waals surface area contributed by atoms with Crippen LogP contribution in [0.1, 0.15) is 44.8 Å². The van der Waals surface area contributed by atoms with Crippen LogP contribution >= 0.6 is 12.4 Å². The van der Waals surface area contributed by atoms with E-state index in [1.165, 1.54) is 0 Å². The van der Waals surface area contributed by atoms with Crippen LogP contribution in [0.3, 0.4) is 0 Å². The van der Waals surface area contributed by atoms with E-state index < -0.39 is 5.97 Å². The van der Waals surface area contributed by atoms with Crippen molar-refractivity contribution in [3.63, 3.8) is 0 Å². The van der Waals surface area contributed by atoms with Gasteiger partial charge in [-0.3, -0.25) is 14.4 Å². The second-order valence-electron chi connectivity index (χ2n) is 5.20. The molecule has 0 saturated carbocycles. The number of carboxylic acid groups (broad SMARTS) is 1. The number of carboxylic acids is 1. The Hall–Kier alpha value is -1.07. The van der Waals surface area contributed by atoms with E-state index in [2.05, 4.69) is 18.9 Å². The van der Waals surface area contributed by atoms with Gasteiger partial charge in [0.2, 0.25) is 0 Å². The average molecular weight is 288 g/mol. The molecule has 1 atom stereocenters. The average Bonchev–Trinajstić information content (AvgIpc) is 2.78. The van der Waals surface area contributed by atoms with Crippen LogP contribution in [0.2, 0.25) is 0 Å². The topological polar surface area (TPSA) is 58.4 Å². The summed E-state index contributed by atoms with van der Waals surface area (Å²) in [6.45, 7) is 5.65. The van der Waals surface area contributed by atoms with Crippen LogP contribution in [0.4, 0.5) is 0 Å². The minimum absolute atomic E-state index is 0. The van der Waals surface area contributed by atoms with Crippen molar-refractivity contribution in [2.75, 3.05) is 6.54 Å². The maximum absolute atomic E-state index is 11.2. The van der Waals surface area contributed by atoms with Gasteiger partial charge in [-0.15, -0.1) is 12.4 Å². The van der Waals surface area contributed by atoms with Crippen molar-refractivity contribution in [3.05, 3.63) is 18.0 Å². The van der Waals surface area contributed by atoms with Crippen LogP contribution in [0.25, 0.3) is 0 Å². The van der Waals surface area contributed by atoms with Crippen LogP contribution in [-0.4, -0.2) is 38.3 Å². The zero-order valence-corrected chi connectivity index (χ0v) is 12.3. The first-order valence-electron chi connectivity index (χ1n) is 6.59. The van der Waals surface area contributed by atoms with Crippen molar-refractivity contribution in [3.8, 4) is 0 Å².